The molecule has 0 aliphatic carbocycles. The van der Waals surface area contributed by atoms with E-state index in [-0.39, 0.29) is 31.0 Å². The van der Waals surface area contributed by atoms with Gasteiger partial charge in [0.1, 0.15) is 18.8 Å². The second kappa shape index (κ2) is 10.5. The molecule has 8 heteroatoms. The summed E-state index contributed by atoms with van der Waals surface area (Å²) in [4.78, 5) is 40.1. The zero-order valence-corrected chi connectivity index (χ0v) is 17.4. The third-order valence-electron chi connectivity index (χ3n) is 4.29. The number of nitrogens with zero attached hydrogens (tertiary/aromatic N) is 2. The standard InChI is InChI=1S/C19H35N3O5/c1-12(2)7-8-21-10-16(20-19(26)27-14(5)6)22(11-17(21)24)18(25)15(23)9-13(3)4/h12-16,23H,7-11H2,1-6H3,(H,20,26)/t15-,16?/m1/s1. The van der Waals surface area contributed by atoms with Crippen LogP contribution in [0.1, 0.15) is 54.4 Å². The number of ether oxygens (including phenoxy) is 1. The molecule has 27 heavy (non-hydrogen) atoms. The van der Waals surface area contributed by atoms with E-state index in [0.717, 1.165) is 6.42 Å². The molecule has 1 saturated heterocycles. The summed E-state index contributed by atoms with van der Waals surface area (Å²) in [7, 11) is 0. The molecular weight excluding hydrogens is 350 g/mol. The molecule has 1 aliphatic rings. The van der Waals surface area contributed by atoms with Crippen molar-refractivity contribution in [1.29, 1.82) is 0 Å². The minimum Gasteiger partial charge on any atom is -0.447 e. The fourth-order valence-electron chi connectivity index (χ4n) is 2.87. The van der Waals surface area contributed by atoms with Crippen molar-refractivity contribution in [2.75, 3.05) is 19.6 Å². The minimum atomic E-state index is -1.20. The molecule has 2 N–H and O–H groups in total. The Morgan fingerprint density at radius 3 is 2.33 bits per heavy atom. The molecule has 2 atom stereocenters. The Morgan fingerprint density at radius 1 is 1.19 bits per heavy atom. The molecule has 1 heterocycles. The highest BCUT2D eigenvalue weighted by atomic mass is 16.6. The second-order valence-electron chi connectivity index (χ2n) is 8.25. The summed E-state index contributed by atoms with van der Waals surface area (Å²) < 4.78 is 5.11. The topological polar surface area (TPSA) is 99.2 Å². The second-order valence-corrected chi connectivity index (χ2v) is 8.25. The molecule has 1 aliphatic heterocycles. The van der Waals surface area contributed by atoms with Crippen LogP contribution in [0.25, 0.3) is 0 Å². The number of amides is 3. The maximum absolute atomic E-state index is 12.7. The van der Waals surface area contributed by atoms with Crippen LogP contribution in [0.15, 0.2) is 0 Å². The van der Waals surface area contributed by atoms with Gasteiger partial charge in [-0.3, -0.25) is 14.9 Å². The molecule has 0 aromatic rings. The molecule has 0 bridgehead atoms. The van der Waals surface area contributed by atoms with E-state index in [2.05, 4.69) is 19.2 Å². The molecule has 0 saturated carbocycles. The number of carbonyl (C=O) groups is 3. The van der Waals surface area contributed by atoms with Crippen molar-refractivity contribution < 1.29 is 24.2 Å². The van der Waals surface area contributed by atoms with Crippen molar-refractivity contribution in [1.82, 2.24) is 15.1 Å². The highest BCUT2D eigenvalue weighted by Crippen LogP contribution is 2.16. The highest BCUT2D eigenvalue weighted by Gasteiger charge is 2.38. The van der Waals surface area contributed by atoms with E-state index in [4.69, 9.17) is 4.74 Å². The molecule has 156 valence electrons. The van der Waals surface area contributed by atoms with Crippen LogP contribution in [0.3, 0.4) is 0 Å². The van der Waals surface area contributed by atoms with Gasteiger partial charge in [0.25, 0.3) is 5.91 Å². The number of aliphatic hydroxyl groups excluding tert-OH is 1. The fourth-order valence-corrected chi connectivity index (χ4v) is 2.87. The van der Waals surface area contributed by atoms with Crippen LogP contribution in [0.4, 0.5) is 4.79 Å². The molecule has 0 aromatic heterocycles. The first-order valence-corrected chi connectivity index (χ1v) is 9.74. The molecule has 1 unspecified atom stereocenters. The molecule has 1 fully saturated rings. The summed E-state index contributed by atoms with van der Waals surface area (Å²) in [5.74, 6) is -0.168. The minimum absolute atomic E-state index is 0.129. The van der Waals surface area contributed by atoms with Crippen molar-refractivity contribution in [2.24, 2.45) is 11.8 Å². The lowest BCUT2D eigenvalue weighted by molar-refractivity contribution is -0.155. The van der Waals surface area contributed by atoms with E-state index < -0.39 is 24.3 Å². The largest absolute Gasteiger partial charge is 0.447 e. The van der Waals surface area contributed by atoms with Crippen molar-refractivity contribution in [3.8, 4) is 0 Å². The lowest BCUT2D eigenvalue weighted by atomic mass is 10.0. The van der Waals surface area contributed by atoms with Gasteiger partial charge in [0.2, 0.25) is 5.91 Å². The van der Waals surface area contributed by atoms with Gasteiger partial charge >= 0.3 is 6.09 Å². The normalized spacial score (nSPS) is 19.0. The molecule has 8 nitrogen and oxygen atoms in total. The van der Waals surface area contributed by atoms with Crippen molar-refractivity contribution in [3.63, 3.8) is 0 Å². The quantitative estimate of drug-likeness (QED) is 0.661. The van der Waals surface area contributed by atoms with Crippen LogP contribution in [-0.2, 0) is 14.3 Å². The summed E-state index contributed by atoms with van der Waals surface area (Å²) in [5.41, 5.74) is 0. The number of hydrogen-bond acceptors (Lipinski definition) is 5. The maximum atomic E-state index is 12.7. The third-order valence-corrected chi connectivity index (χ3v) is 4.29. The SMILES string of the molecule is CC(C)CCN1CC(NC(=O)OC(C)C)N(C(=O)[C@H](O)CC(C)C)CC1=O. The van der Waals surface area contributed by atoms with E-state index in [1.165, 1.54) is 4.90 Å². The third kappa shape index (κ3) is 7.74. The van der Waals surface area contributed by atoms with E-state index in [1.54, 1.807) is 18.7 Å². The van der Waals surface area contributed by atoms with Gasteiger partial charge in [-0.2, -0.15) is 0 Å². The average molecular weight is 386 g/mol. The number of hydrogen-bond donors (Lipinski definition) is 2. The number of aliphatic hydroxyl groups is 1. The Bertz CT molecular complexity index is 521. The Balaban J connectivity index is 2.91. The Labute approximate surface area is 162 Å². The smallest absolute Gasteiger partial charge is 0.409 e. The Hall–Kier alpha value is -1.83. The van der Waals surface area contributed by atoms with Crippen molar-refractivity contribution in [2.45, 2.75) is 72.8 Å². The number of rotatable bonds is 8. The first-order chi connectivity index (χ1) is 12.5. The van der Waals surface area contributed by atoms with Crippen LogP contribution in [-0.4, -0.2) is 70.8 Å². The van der Waals surface area contributed by atoms with Crippen LogP contribution < -0.4 is 5.32 Å². The number of carbonyl (C=O) groups excluding carboxylic acids is 3. The van der Waals surface area contributed by atoms with Gasteiger partial charge in [-0.15, -0.1) is 0 Å². The molecule has 3 amide bonds. The monoisotopic (exact) mass is 385 g/mol. The molecule has 0 radical (unpaired) electrons. The van der Waals surface area contributed by atoms with Crippen LogP contribution >= 0.6 is 0 Å². The first kappa shape index (κ1) is 23.2. The predicted octanol–water partition coefficient (Wildman–Crippen LogP) is 1.57. The zero-order chi connectivity index (χ0) is 20.7. The van der Waals surface area contributed by atoms with E-state index in [1.807, 2.05) is 13.8 Å². The first-order valence-electron chi connectivity index (χ1n) is 9.74. The molecule has 1 rings (SSSR count). The lowest BCUT2D eigenvalue weighted by Gasteiger charge is -2.42. The summed E-state index contributed by atoms with van der Waals surface area (Å²) in [5, 5.41) is 12.9. The van der Waals surface area contributed by atoms with Gasteiger partial charge in [-0.25, -0.2) is 4.79 Å². The fraction of sp³-hybridized carbons (Fsp3) is 0.842. The summed E-state index contributed by atoms with van der Waals surface area (Å²) >= 11 is 0. The molecular formula is C19H35N3O5. The average Bonchev–Trinajstić information content (AvgIpc) is 2.52. The summed E-state index contributed by atoms with van der Waals surface area (Å²) in [6.07, 6.45) is -1.75. The van der Waals surface area contributed by atoms with Crippen LogP contribution in [0.2, 0.25) is 0 Å². The number of alkyl carbamates (subject to hydrolysis) is 1. The number of nitrogens with one attached hydrogen (secondary N) is 1. The summed E-state index contributed by atoms with van der Waals surface area (Å²) in [6.45, 7) is 12.0. The van der Waals surface area contributed by atoms with E-state index >= 15 is 0 Å². The van der Waals surface area contributed by atoms with E-state index in [0.29, 0.717) is 18.9 Å². The van der Waals surface area contributed by atoms with Gasteiger partial charge in [0.05, 0.1) is 12.6 Å². The van der Waals surface area contributed by atoms with Crippen molar-refractivity contribution >= 4 is 17.9 Å². The van der Waals surface area contributed by atoms with Gasteiger partial charge < -0.3 is 19.6 Å². The van der Waals surface area contributed by atoms with Gasteiger partial charge in [0.15, 0.2) is 0 Å². The van der Waals surface area contributed by atoms with Gasteiger partial charge in [-0.05, 0) is 38.5 Å². The lowest BCUT2D eigenvalue weighted by Crippen LogP contribution is -2.65. The van der Waals surface area contributed by atoms with E-state index in [9.17, 15) is 19.5 Å². The highest BCUT2D eigenvalue weighted by molar-refractivity contribution is 5.88. The molecule has 0 aromatic carbocycles. The van der Waals surface area contributed by atoms with Gasteiger partial charge in [-0.1, -0.05) is 27.7 Å². The predicted molar refractivity (Wildman–Crippen MR) is 102 cm³/mol. The summed E-state index contributed by atoms with van der Waals surface area (Å²) in [6, 6.07) is 0. The van der Waals surface area contributed by atoms with Gasteiger partial charge in [0, 0.05) is 6.54 Å². The van der Waals surface area contributed by atoms with Crippen molar-refractivity contribution in [3.05, 3.63) is 0 Å². The van der Waals surface area contributed by atoms with Crippen LogP contribution in [0.5, 0.6) is 0 Å². The maximum Gasteiger partial charge on any atom is 0.409 e. The Kier molecular flexibility index (Phi) is 9.02. The zero-order valence-electron chi connectivity index (χ0n) is 17.4. The number of piperazine rings is 1. The van der Waals surface area contributed by atoms with Crippen LogP contribution in [0, 0.1) is 11.8 Å². The molecule has 0 spiro atoms. The Morgan fingerprint density at radius 2 is 1.81 bits per heavy atom.